The normalized spacial score (nSPS) is 10.5. The molecule has 5 nitrogen and oxygen atoms in total. The Kier molecular flexibility index (Phi) is 6.18. The highest BCUT2D eigenvalue weighted by atomic mass is 35.5. The van der Waals surface area contributed by atoms with Gasteiger partial charge in [-0.25, -0.2) is 4.98 Å². The van der Waals surface area contributed by atoms with Crippen LogP contribution in [0.1, 0.15) is 0 Å². The quantitative estimate of drug-likeness (QED) is 0.797. The van der Waals surface area contributed by atoms with E-state index in [1.807, 2.05) is 42.3 Å². The van der Waals surface area contributed by atoms with Gasteiger partial charge in [-0.1, -0.05) is 29.8 Å². The van der Waals surface area contributed by atoms with Gasteiger partial charge in [0, 0.05) is 12.7 Å². The molecular formula is C16H18ClN3O2. The monoisotopic (exact) mass is 319 g/mol. The van der Waals surface area contributed by atoms with E-state index < -0.39 is 0 Å². The second-order valence-electron chi connectivity index (χ2n) is 4.79. The summed E-state index contributed by atoms with van der Waals surface area (Å²) >= 11 is 5.90. The van der Waals surface area contributed by atoms with E-state index in [0.717, 1.165) is 5.75 Å². The second kappa shape index (κ2) is 8.36. The van der Waals surface area contributed by atoms with Crippen molar-refractivity contribution in [1.82, 2.24) is 9.88 Å². The zero-order chi connectivity index (χ0) is 15.8. The molecule has 0 atom stereocenters. The molecule has 0 aliphatic heterocycles. The number of pyridine rings is 1. The number of para-hydroxylation sites is 1. The number of likely N-dealkylation sites (N-methyl/N-ethyl adjacent to an activating group) is 1. The zero-order valence-corrected chi connectivity index (χ0v) is 13.1. The molecule has 2 rings (SSSR count). The lowest BCUT2D eigenvalue weighted by atomic mass is 10.3. The minimum Gasteiger partial charge on any atom is -0.492 e. The molecule has 116 valence electrons. The first-order valence-electron chi connectivity index (χ1n) is 6.92. The molecule has 0 bridgehead atoms. The minimum absolute atomic E-state index is 0.142. The van der Waals surface area contributed by atoms with Crippen LogP contribution in [0.5, 0.6) is 5.75 Å². The first-order chi connectivity index (χ1) is 10.6. The predicted octanol–water partition coefficient (Wildman–Crippen LogP) is 2.68. The summed E-state index contributed by atoms with van der Waals surface area (Å²) in [6.45, 7) is 1.41. The van der Waals surface area contributed by atoms with E-state index in [9.17, 15) is 4.79 Å². The highest BCUT2D eigenvalue weighted by Gasteiger charge is 2.09. The van der Waals surface area contributed by atoms with E-state index in [1.54, 1.807) is 18.3 Å². The molecule has 0 fully saturated rings. The average Bonchev–Trinajstić information content (AvgIpc) is 2.50. The van der Waals surface area contributed by atoms with Crippen LogP contribution < -0.4 is 10.1 Å². The van der Waals surface area contributed by atoms with Crippen LogP contribution in [0.25, 0.3) is 0 Å². The number of hydrogen-bond donors (Lipinski definition) is 1. The van der Waals surface area contributed by atoms with Crippen LogP contribution in [-0.4, -0.2) is 42.5 Å². The van der Waals surface area contributed by atoms with E-state index in [2.05, 4.69) is 10.3 Å². The summed E-state index contributed by atoms with van der Waals surface area (Å²) in [4.78, 5) is 17.7. The van der Waals surface area contributed by atoms with Crippen molar-refractivity contribution >= 4 is 23.2 Å². The highest BCUT2D eigenvalue weighted by molar-refractivity contribution is 6.32. The Morgan fingerprint density at radius 1 is 1.27 bits per heavy atom. The van der Waals surface area contributed by atoms with Gasteiger partial charge >= 0.3 is 0 Å². The van der Waals surface area contributed by atoms with Crippen molar-refractivity contribution in [2.45, 2.75) is 0 Å². The van der Waals surface area contributed by atoms with Crippen LogP contribution in [0.2, 0.25) is 5.15 Å². The maximum absolute atomic E-state index is 11.9. The van der Waals surface area contributed by atoms with Gasteiger partial charge in [0.1, 0.15) is 12.4 Å². The Morgan fingerprint density at radius 2 is 2.05 bits per heavy atom. The number of hydrogen-bond acceptors (Lipinski definition) is 4. The molecule has 0 aliphatic rings. The summed E-state index contributed by atoms with van der Waals surface area (Å²) in [5, 5.41) is 3.02. The van der Waals surface area contributed by atoms with Gasteiger partial charge < -0.3 is 10.1 Å². The molecule has 22 heavy (non-hydrogen) atoms. The van der Waals surface area contributed by atoms with Gasteiger partial charge in [0.2, 0.25) is 5.91 Å². The Hall–Kier alpha value is -2.11. The predicted molar refractivity (Wildman–Crippen MR) is 87.3 cm³/mol. The molecule has 0 radical (unpaired) electrons. The number of rotatable bonds is 7. The maximum atomic E-state index is 11.9. The second-order valence-corrected chi connectivity index (χ2v) is 5.15. The Morgan fingerprint density at radius 3 is 2.77 bits per heavy atom. The Labute approximate surface area is 134 Å². The number of ether oxygens (including phenoxy) is 1. The van der Waals surface area contributed by atoms with Crippen molar-refractivity contribution in [2.75, 3.05) is 32.1 Å². The fraction of sp³-hybridized carbons (Fsp3) is 0.250. The number of amides is 1. The summed E-state index contributed by atoms with van der Waals surface area (Å²) in [7, 11) is 1.86. The minimum atomic E-state index is -0.142. The van der Waals surface area contributed by atoms with Crippen molar-refractivity contribution in [3.63, 3.8) is 0 Å². The highest BCUT2D eigenvalue weighted by Crippen LogP contribution is 2.17. The summed E-state index contributed by atoms with van der Waals surface area (Å²) in [6.07, 6.45) is 1.57. The maximum Gasteiger partial charge on any atom is 0.238 e. The number of carbonyl (C=O) groups excluding carboxylic acids is 1. The molecule has 0 aliphatic carbocycles. The lowest BCUT2D eigenvalue weighted by molar-refractivity contribution is -0.117. The number of nitrogens with one attached hydrogen (secondary N) is 1. The van der Waals surface area contributed by atoms with Crippen LogP contribution >= 0.6 is 11.6 Å². The molecule has 0 spiro atoms. The molecule has 0 unspecified atom stereocenters. The Balaban J connectivity index is 1.71. The van der Waals surface area contributed by atoms with Gasteiger partial charge in [0.25, 0.3) is 0 Å². The van der Waals surface area contributed by atoms with Gasteiger partial charge in [-0.3, -0.25) is 9.69 Å². The molecule has 1 aromatic heterocycles. The van der Waals surface area contributed by atoms with Gasteiger partial charge in [-0.15, -0.1) is 0 Å². The average molecular weight is 320 g/mol. The van der Waals surface area contributed by atoms with Crippen molar-refractivity contribution in [3.8, 4) is 5.75 Å². The van der Waals surface area contributed by atoms with E-state index >= 15 is 0 Å². The third kappa shape index (κ3) is 5.35. The third-order valence-electron chi connectivity index (χ3n) is 2.93. The number of halogens is 1. The SMILES string of the molecule is CN(CCOc1ccccc1)CC(=O)Nc1cccnc1Cl. The molecule has 1 N–H and O–H groups in total. The summed E-state index contributed by atoms with van der Waals surface area (Å²) in [6, 6.07) is 13.0. The van der Waals surface area contributed by atoms with Crippen molar-refractivity contribution < 1.29 is 9.53 Å². The van der Waals surface area contributed by atoms with E-state index in [0.29, 0.717) is 18.8 Å². The smallest absolute Gasteiger partial charge is 0.238 e. The van der Waals surface area contributed by atoms with Crippen LogP contribution in [-0.2, 0) is 4.79 Å². The molecule has 2 aromatic rings. The fourth-order valence-corrected chi connectivity index (χ4v) is 2.00. The van der Waals surface area contributed by atoms with Crippen LogP contribution in [0.15, 0.2) is 48.7 Å². The lowest BCUT2D eigenvalue weighted by Gasteiger charge is -2.16. The molecule has 6 heteroatoms. The van der Waals surface area contributed by atoms with E-state index in [4.69, 9.17) is 16.3 Å². The molecule has 0 saturated heterocycles. The largest absolute Gasteiger partial charge is 0.492 e. The Bertz CT molecular complexity index is 607. The number of nitrogens with zero attached hydrogens (tertiary/aromatic N) is 2. The molecular weight excluding hydrogens is 302 g/mol. The molecule has 1 amide bonds. The first-order valence-corrected chi connectivity index (χ1v) is 7.29. The van der Waals surface area contributed by atoms with Gasteiger partial charge in [0.05, 0.1) is 12.2 Å². The first kappa shape index (κ1) is 16.3. The van der Waals surface area contributed by atoms with Crippen molar-refractivity contribution in [3.05, 3.63) is 53.8 Å². The molecule has 0 saturated carbocycles. The van der Waals surface area contributed by atoms with Gasteiger partial charge in [0.15, 0.2) is 5.15 Å². The molecule has 1 aromatic carbocycles. The zero-order valence-electron chi connectivity index (χ0n) is 12.3. The van der Waals surface area contributed by atoms with Gasteiger partial charge in [-0.2, -0.15) is 0 Å². The fourth-order valence-electron chi connectivity index (χ4n) is 1.83. The molecule has 1 heterocycles. The van der Waals surface area contributed by atoms with E-state index in [-0.39, 0.29) is 17.6 Å². The summed E-state index contributed by atoms with van der Waals surface area (Å²) in [5.41, 5.74) is 0.517. The number of benzene rings is 1. The topological polar surface area (TPSA) is 54.5 Å². The van der Waals surface area contributed by atoms with E-state index in [1.165, 1.54) is 0 Å². The standard InChI is InChI=1S/C16H18ClN3O2/c1-20(10-11-22-13-6-3-2-4-7-13)12-15(21)19-14-8-5-9-18-16(14)17/h2-9H,10-12H2,1H3,(H,19,21). The number of aromatic nitrogens is 1. The van der Waals surface area contributed by atoms with Crippen LogP contribution in [0, 0.1) is 0 Å². The van der Waals surface area contributed by atoms with Crippen molar-refractivity contribution in [2.24, 2.45) is 0 Å². The van der Waals surface area contributed by atoms with Gasteiger partial charge in [-0.05, 0) is 31.3 Å². The third-order valence-corrected chi connectivity index (χ3v) is 3.23. The number of carbonyl (C=O) groups is 1. The van der Waals surface area contributed by atoms with Crippen molar-refractivity contribution in [1.29, 1.82) is 0 Å². The van der Waals surface area contributed by atoms with Crippen LogP contribution in [0.4, 0.5) is 5.69 Å². The summed E-state index contributed by atoms with van der Waals surface area (Å²) in [5.74, 6) is 0.680. The summed E-state index contributed by atoms with van der Waals surface area (Å²) < 4.78 is 5.59. The van der Waals surface area contributed by atoms with Crippen LogP contribution in [0.3, 0.4) is 0 Å². The lowest BCUT2D eigenvalue weighted by Crippen LogP contribution is -2.33. The number of anilines is 1.